The van der Waals surface area contributed by atoms with E-state index in [1.165, 1.54) is 18.7 Å². The lowest BCUT2D eigenvalue weighted by atomic mass is 10.1. The molecule has 0 bridgehead atoms. The average Bonchev–Trinajstić information content (AvgIpc) is 2.87. The molecular weight excluding hydrogens is 460 g/mol. The number of hydrogen-bond donors (Lipinski definition) is 1. The van der Waals surface area contributed by atoms with E-state index in [9.17, 15) is 14.4 Å². The quantitative estimate of drug-likeness (QED) is 0.368. The lowest BCUT2D eigenvalue weighted by Crippen LogP contribution is -2.54. The summed E-state index contributed by atoms with van der Waals surface area (Å²) in [6, 6.07) is 18.7. The number of benzene rings is 3. The van der Waals surface area contributed by atoms with Gasteiger partial charge in [-0.3, -0.25) is 14.9 Å². The van der Waals surface area contributed by atoms with Crippen LogP contribution in [0.4, 0.5) is 10.5 Å². The van der Waals surface area contributed by atoms with E-state index in [1.54, 1.807) is 42.5 Å². The van der Waals surface area contributed by atoms with E-state index in [1.807, 2.05) is 38.1 Å². The van der Waals surface area contributed by atoms with Gasteiger partial charge >= 0.3 is 6.03 Å². The smallest absolute Gasteiger partial charge is 0.335 e. The topological polar surface area (TPSA) is 94.2 Å². The molecule has 3 aromatic rings. The number of hydrogen-bond acceptors (Lipinski definition) is 6. The van der Waals surface area contributed by atoms with Crippen molar-refractivity contribution in [1.29, 1.82) is 0 Å². The van der Waals surface area contributed by atoms with Gasteiger partial charge in [-0.2, -0.15) is 0 Å². The van der Waals surface area contributed by atoms with Crippen LogP contribution in [0.3, 0.4) is 0 Å². The van der Waals surface area contributed by atoms with Crippen LogP contribution in [0.1, 0.15) is 23.6 Å². The van der Waals surface area contributed by atoms with E-state index < -0.39 is 17.8 Å². The summed E-state index contributed by atoms with van der Waals surface area (Å²) >= 11 is 0. The van der Waals surface area contributed by atoms with Crippen molar-refractivity contribution in [3.63, 3.8) is 0 Å². The number of anilines is 1. The molecule has 4 amide bonds. The van der Waals surface area contributed by atoms with Crippen LogP contribution in [-0.4, -0.2) is 31.6 Å². The highest BCUT2D eigenvalue weighted by atomic mass is 16.5. The van der Waals surface area contributed by atoms with Crippen LogP contribution < -0.4 is 24.4 Å². The maximum Gasteiger partial charge on any atom is 0.335 e. The van der Waals surface area contributed by atoms with Crippen LogP contribution in [-0.2, 0) is 16.2 Å². The molecule has 1 aliphatic rings. The molecule has 0 aliphatic carbocycles. The van der Waals surface area contributed by atoms with Gasteiger partial charge in [0.25, 0.3) is 11.8 Å². The van der Waals surface area contributed by atoms with Crippen molar-refractivity contribution in [3.8, 4) is 17.2 Å². The SMILES string of the molecule is CCOc1cc(C=C2C(=O)NC(=O)N(c3ccc(OCc4ccc(C)cc4)cc3)C2=O)ccc1OC. The van der Waals surface area contributed by atoms with Crippen molar-refractivity contribution in [2.24, 2.45) is 0 Å². The number of carbonyl (C=O) groups is 3. The number of nitrogens with zero attached hydrogens (tertiary/aromatic N) is 1. The molecule has 184 valence electrons. The summed E-state index contributed by atoms with van der Waals surface area (Å²) in [6.07, 6.45) is 1.41. The van der Waals surface area contributed by atoms with Crippen LogP contribution in [0.2, 0.25) is 0 Å². The van der Waals surface area contributed by atoms with E-state index in [-0.39, 0.29) is 5.57 Å². The number of urea groups is 1. The Morgan fingerprint density at radius 1 is 0.889 bits per heavy atom. The number of aryl methyl sites for hydroxylation is 1. The second kappa shape index (κ2) is 10.8. The highest BCUT2D eigenvalue weighted by molar-refractivity contribution is 6.39. The minimum absolute atomic E-state index is 0.179. The maximum absolute atomic E-state index is 13.2. The van der Waals surface area contributed by atoms with E-state index in [0.717, 1.165) is 10.5 Å². The fourth-order valence-electron chi connectivity index (χ4n) is 3.65. The third-order valence-corrected chi connectivity index (χ3v) is 5.52. The molecule has 8 heteroatoms. The number of ether oxygens (including phenoxy) is 3. The molecule has 0 atom stereocenters. The van der Waals surface area contributed by atoms with Crippen molar-refractivity contribution in [3.05, 3.63) is 89.0 Å². The van der Waals surface area contributed by atoms with Gasteiger partial charge < -0.3 is 14.2 Å². The molecule has 0 unspecified atom stereocenters. The first-order valence-corrected chi connectivity index (χ1v) is 11.4. The van der Waals surface area contributed by atoms with E-state index in [2.05, 4.69) is 5.32 Å². The average molecular weight is 487 g/mol. The second-order valence-electron chi connectivity index (χ2n) is 8.07. The van der Waals surface area contributed by atoms with Gasteiger partial charge in [-0.25, -0.2) is 9.69 Å². The third kappa shape index (κ3) is 5.38. The molecule has 4 rings (SSSR count). The van der Waals surface area contributed by atoms with Gasteiger partial charge in [-0.15, -0.1) is 0 Å². The Labute approximate surface area is 209 Å². The predicted molar refractivity (Wildman–Crippen MR) is 135 cm³/mol. The zero-order valence-corrected chi connectivity index (χ0v) is 20.2. The Bertz CT molecular complexity index is 1310. The van der Waals surface area contributed by atoms with Crippen molar-refractivity contribution in [2.75, 3.05) is 18.6 Å². The standard InChI is InChI=1S/C28H26N2O6/c1-4-35-25-16-20(9-14-24(25)34-3)15-23-26(31)29-28(33)30(27(23)32)21-10-12-22(13-11-21)36-17-19-7-5-18(2)6-8-19/h5-16H,4,17H2,1-3H3,(H,29,31,33). The number of carbonyl (C=O) groups excluding carboxylic acids is 3. The highest BCUT2D eigenvalue weighted by Crippen LogP contribution is 2.30. The van der Waals surface area contributed by atoms with Crippen LogP contribution >= 0.6 is 0 Å². The fraction of sp³-hybridized carbons (Fsp3) is 0.179. The van der Waals surface area contributed by atoms with E-state index in [0.29, 0.717) is 41.7 Å². The molecule has 1 aliphatic heterocycles. The van der Waals surface area contributed by atoms with Gasteiger partial charge in [0, 0.05) is 0 Å². The lowest BCUT2D eigenvalue weighted by Gasteiger charge is -2.26. The van der Waals surface area contributed by atoms with Gasteiger partial charge in [0.15, 0.2) is 11.5 Å². The Morgan fingerprint density at radius 2 is 1.61 bits per heavy atom. The minimum atomic E-state index is -0.819. The van der Waals surface area contributed by atoms with Gasteiger partial charge in [0.2, 0.25) is 0 Å². The number of nitrogens with one attached hydrogen (secondary N) is 1. The summed E-state index contributed by atoms with van der Waals surface area (Å²) in [7, 11) is 1.52. The molecule has 1 fully saturated rings. The van der Waals surface area contributed by atoms with Crippen molar-refractivity contribution < 1.29 is 28.6 Å². The summed E-state index contributed by atoms with van der Waals surface area (Å²) < 4.78 is 16.6. The number of rotatable bonds is 8. The van der Waals surface area contributed by atoms with Crippen molar-refractivity contribution in [1.82, 2.24) is 5.32 Å². The van der Waals surface area contributed by atoms with E-state index in [4.69, 9.17) is 14.2 Å². The Kier molecular flexibility index (Phi) is 7.34. The molecule has 3 aromatic carbocycles. The Balaban J connectivity index is 1.54. The summed E-state index contributed by atoms with van der Waals surface area (Å²) in [5, 5.41) is 2.23. The molecule has 36 heavy (non-hydrogen) atoms. The first-order chi connectivity index (χ1) is 17.4. The van der Waals surface area contributed by atoms with Gasteiger partial charge in [0.1, 0.15) is 17.9 Å². The van der Waals surface area contributed by atoms with Gasteiger partial charge in [-0.05, 0) is 67.4 Å². The summed E-state index contributed by atoms with van der Waals surface area (Å²) in [4.78, 5) is 39.2. The molecule has 1 saturated heterocycles. The molecule has 1 N–H and O–H groups in total. The monoisotopic (exact) mass is 486 g/mol. The lowest BCUT2D eigenvalue weighted by molar-refractivity contribution is -0.122. The number of imide groups is 2. The zero-order chi connectivity index (χ0) is 25.7. The van der Waals surface area contributed by atoms with Crippen LogP contribution in [0.5, 0.6) is 17.2 Å². The zero-order valence-electron chi connectivity index (χ0n) is 20.2. The first kappa shape index (κ1) is 24.5. The summed E-state index contributed by atoms with van der Waals surface area (Å²) in [5.41, 5.74) is 2.87. The van der Waals surface area contributed by atoms with Crippen LogP contribution in [0, 0.1) is 6.92 Å². The first-order valence-electron chi connectivity index (χ1n) is 11.4. The van der Waals surface area contributed by atoms with Crippen molar-refractivity contribution >= 4 is 29.6 Å². The molecule has 0 aromatic heterocycles. The van der Waals surface area contributed by atoms with Crippen LogP contribution in [0.15, 0.2) is 72.3 Å². The normalized spacial score (nSPS) is 14.6. The predicted octanol–water partition coefficient (Wildman–Crippen LogP) is 4.65. The molecule has 8 nitrogen and oxygen atoms in total. The largest absolute Gasteiger partial charge is 0.493 e. The Hall–Kier alpha value is -4.59. The molecule has 0 radical (unpaired) electrons. The number of barbiturate groups is 1. The molecule has 1 heterocycles. The number of amides is 4. The highest BCUT2D eigenvalue weighted by Gasteiger charge is 2.36. The van der Waals surface area contributed by atoms with Gasteiger partial charge in [-0.1, -0.05) is 35.9 Å². The summed E-state index contributed by atoms with van der Waals surface area (Å²) in [6.45, 7) is 4.66. The molecule has 0 spiro atoms. The second-order valence-corrected chi connectivity index (χ2v) is 8.07. The van der Waals surface area contributed by atoms with Crippen LogP contribution in [0.25, 0.3) is 6.08 Å². The van der Waals surface area contributed by atoms with Gasteiger partial charge in [0.05, 0.1) is 19.4 Å². The van der Waals surface area contributed by atoms with Crippen molar-refractivity contribution in [2.45, 2.75) is 20.5 Å². The third-order valence-electron chi connectivity index (χ3n) is 5.52. The maximum atomic E-state index is 13.2. The molecular formula is C28H26N2O6. The number of methoxy groups -OCH3 is 1. The fourth-order valence-corrected chi connectivity index (χ4v) is 3.65. The molecule has 0 saturated carbocycles. The minimum Gasteiger partial charge on any atom is -0.493 e. The van der Waals surface area contributed by atoms with E-state index >= 15 is 0 Å². The Morgan fingerprint density at radius 3 is 2.28 bits per heavy atom. The summed E-state index contributed by atoms with van der Waals surface area (Å²) in [5.74, 6) is 0.0868.